The van der Waals surface area contributed by atoms with E-state index in [-0.39, 0.29) is 17.0 Å². The van der Waals surface area contributed by atoms with Gasteiger partial charge in [-0.1, -0.05) is 0 Å². The van der Waals surface area contributed by atoms with Crippen LogP contribution in [0.4, 0.5) is 0 Å². The topological polar surface area (TPSA) is 96.4 Å². The molecule has 0 amide bonds. The summed E-state index contributed by atoms with van der Waals surface area (Å²) >= 11 is 4.43. The van der Waals surface area contributed by atoms with Crippen molar-refractivity contribution in [3.63, 3.8) is 0 Å². The summed E-state index contributed by atoms with van der Waals surface area (Å²) in [5, 5.41) is 11.5. The van der Waals surface area contributed by atoms with Crippen LogP contribution in [-0.2, 0) is 16.6 Å². The highest BCUT2D eigenvalue weighted by atomic mass is 79.9. The lowest BCUT2D eigenvalue weighted by molar-refractivity contribution is 0.0695. The molecule has 0 bridgehead atoms. The van der Waals surface area contributed by atoms with Crippen LogP contribution in [0.25, 0.3) is 0 Å². The summed E-state index contributed by atoms with van der Waals surface area (Å²) in [6.45, 7) is 1.89. The summed E-state index contributed by atoms with van der Waals surface area (Å²) < 4.78 is 27.0. The van der Waals surface area contributed by atoms with Crippen molar-refractivity contribution in [1.29, 1.82) is 0 Å². The van der Waals surface area contributed by atoms with Crippen LogP contribution in [0.1, 0.15) is 21.1 Å². The van der Waals surface area contributed by atoms with Crippen molar-refractivity contribution in [3.05, 3.63) is 44.3 Å². The highest BCUT2D eigenvalue weighted by Crippen LogP contribution is 2.21. The number of carbonyl (C=O) groups is 1. The Morgan fingerprint density at radius 3 is 2.76 bits per heavy atom. The second-order valence-corrected chi connectivity index (χ2v) is 7.72. The van der Waals surface area contributed by atoms with Crippen molar-refractivity contribution in [3.8, 4) is 0 Å². The Balaban J connectivity index is 2.23. The number of benzene rings is 1. The molecule has 0 aliphatic heterocycles. The molecule has 112 valence electrons. The summed E-state index contributed by atoms with van der Waals surface area (Å²) in [4.78, 5) is 15.1. The van der Waals surface area contributed by atoms with Crippen molar-refractivity contribution in [2.24, 2.45) is 0 Å². The van der Waals surface area contributed by atoms with Gasteiger partial charge in [-0.25, -0.2) is 22.9 Å². The predicted octanol–water partition coefficient (Wildman–Crippen LogP) is 2.39. The molecule has 0 spiro atoms. The van der Waals surface area contributed by atoms with E-state index in [9.17, 15) is 13.2 Å². The SMILES string of the molecule is Cc1csc(CNS(=O)(=O)c2ccc(Br)c(C(=O)O)c2)n1. The Morgan fingerprint density at radius 2 is 2.19 bits per heavy atom. The fourth-order valence-electron chi connectivity index (χ4n) is 1.56. The Labute approximate surface area is 134 Å². The summed E-state index contributed by atoms with van der Waals surface area (Å²) in [6, 6.07) is 3.85. The van der Waals surface area contributed by atoms with Crippen molar-refractivity contribution in [1.82, 2.24) is 9.71 Å². The van der Waals surface area contributed by atoms with Crippen LogP contribution >= 0.6 is 27.3 Å². The quantitative estimate of drug-likeness (QED) is 0.816. The zero-order chi connectivity index (χ0) is 15.6. The molecule has 9 heteroatoms. The van der Waals surface area contributed by atoms with Gasteiger partial charge in [-0.05, 0) is 41.1 Å². The summed E-state index contributed by atoms with van der Waals surface area (Å²) in [5.74, 6) is -1.20. The summed E-state index contributed by atoms with van der Waals surface area (Å²) in [7, 11) is -3.79. The fourth-order valence-corrected chi connectivity index (χ4v) is 3.79. The second kappa shape index (κ2) is 6.22. The molecule has 0 radical (unpaired) electrons. The lowest BCUT2D eigenvalue weighted by atomic mass is 10.2. The molecule has 0 atom stereocenters. The maximum atomic E-state index is 12.2. The minimum Gasteiger partial charge on any atom is -0.478 e. The molecule has 0 unspecified atom stereocenters. The van der Waals surface area contributed by atoms with Gasteiger partial charge in [-0.2, -0.15) is 0 Å². The molecule has 2 rings (SSSR count). The molecule has 2 aromatic rings. The van der Waals surface area contributed by atoms with E-state index in [1.54, 1.807) is 0 Å². The van der Waals surface area contributed by atoms with Gasteiger partial charge >= 0.3 is 5.97 Å². The van der Waals surface area contributed by atoms with E-state index >= 15 is 0 Å². The van der Waals surface area contributed by atoms with Gasteiger partial charge in [-0.15, -0.1) is 11.3 Å². The lowest BCUT2D eigenvalue weighted by Gasteiger charge is -2.07. The number of nitrogens with one attached hydrogen (secondary N) is 1. The van der Waals surface area contributed by atoms with Gasteiger partial charge in [0.25, 0.3) is 0 Å². The monoisotopic (exact) mass is 390 g/mol. The molecule has 0 saturated carbocycles. The smallest absolute Gasteiger partial charge is 0.336 e. The highest BCUT2D eigenvalue weighted by molar-refractivity contribution is 9.10. The molecule has 6 nitrogen and oxygen atoms in total. The molecule has 21 heavy (non-hydrogen) atoms. The number of carboxylic acids is 1. The summed E-state index contributed by atoms with van der Waals surface area (Å²) in [6.07, 6.45) is 0. The number of rotatable bonds is 5. The fraction of sp³-hybridized carbons (Fsp3) is 0.167. The van der Waals surface area contributed by atoms with Crippen LogP contribution < -0.4 is 4.72 Å². The highest BCUT2D eigenvalue weighted by Gasteiger charge is 2.18. The van der Waals surface area contributed by atoms with E-state index in [1.165, 1.54) is 23.5 Å². The van der Waals surface area contributed by atoms with Gasteiger partial charge in [-0.3, -0.25) is 0 Å². The zero-order valence-corrected chi connectivity index (χ0v) is 14.0. The van der Waals surface area contributed by atoms with Crippen LogP contribution in [0, 0.1) is 6.92 Å². The Kier molecular flexibility index (Phi) is 4.77. The van der Waals surface area contributed by atoms with Gasteiger partial charge in [0.05, 0.1) is 17.0 Å². The first-order valence-electron chi connectivity index (χ1n) is 5.73. The van der Waals surface area contributed by atoms with Crippen LogP contribution in [-0.4, -0.2) is 24.5 Å². The second-order valence-electron chi connectivity index (χ2n) is 4.15. The number of hydrogen-bond donors (Lipinski definition) is 2. The number of sulfonamides is 1. The first kappa shape index (κ1) is 16.1. The lowest BCUT2D eigenvalue weighted by Crippen LogP contribution is -2.23. The minimum atomic E-state index is -3.79. The largest absolute Gasteiger partial charge is 0.478 e. The van der Waals surface area contributed by atoms with Crippen LogP contribution in [0.5, 0.6) is 0 Å². The van der Waals surface area contributed by atoms with Gasteiger partial charge in [0.2, 0.25) is 10.0 Å². The number of carboxylic acid groups (broad SMARTS) is 1. The Morgan fingerprint density at radius 1 is 1.48 bits per heavy atom. The number of nitrogens with zero attached hydrogens (tertiary/aromatic N) is 1. The molecule has 1 aromatic carbocycles. The van der Waals surface area contributed by atoms with Gasteiger partial charge in [0.1, 0.15) is 5.01 Å². The third-order valence-corrected chi connectivity index (χ3v) is 5.62. The molecule has 0 saturated heterocycles. The predicted molar refractivity (Wildman–Crippen MR) is 82.0 cm³/mol. The van der Waals surface area contributed by atoms with Crippen molar-refractivity contribution >= 4 is 43.3 Å². The third-order valence-electron chi connectivity index (χ3n) is 2.56. The zero-order valence-electron chi connectivity index (χ0n) is 10.8. The number of aromatic carboxylic acids is 1. The number of thiazole rings is 1. The van der Waals surface area contributed by atoms with E-state index in [2.05, 4.69) is 25.6 Å². The molecule has 1 heterocycles. The average Bonchev–Trinajstić information content (AvgIpc) is 2.82. The molecular weight excluding hydrogens is 380 g/mol. The number of aryl methyl sites for hydroxylation is 1. The maximum Gasteiger partial charge on any atom is 0.336 e. The van der Waals surface area contributed by atoms with E-state index in [4.69, 9.17) is 5.11 Å². The number of hydrogen-bond acceptors (Lipinski definition) is 5. The Hall–Kier alpha value is -1.29. The van der Waals surface area contributed by atoms with Crippen molar-refractivity contribution in [2.45, 2.75) is 18.4 Å². The third kappa shape index (κ3) is 3.88. The normalized spacial score (nSPS) is 11.5. The first-order chi connectivity index (χ1) is 9.79. The van der Waals surface area contributed by atoms with Crippen LogP contribution in [0.3, 0.4) is 0 Å². The molecule has 2 N–H and O–H groups in total. The standard InChI is InChI=1S/C12H11BrN2O4S2/c1-7-6-20-11(15-7)5-14-21(18,19)8-2-3-10(13)9(4-8)12(16)17/h2-4,6,14H,5H2,1H3,(H,16,17). The molecular formula is C12H11BrN2O4S2. The molecule has 0 fully saturated rings. The van der Waals surface area contributed by atoms with Gasteiger partial charge < -0.3 is 5.11 Å². The molecule has 0 aliphatic carbocycles. The molecule has 0 aliphatic rings. The Bertz CT molecular complexity index is 786. The van der Waals surface area contributed by atoms with E-state index in [0.29, 0.717) is 9.48 Å². The van der Waals surface area contributed by atoms with Gasteiger partial charge in [0, 0.05) is 15.5 Å². The molecule has 1 aromatic heterocycles. The minimum absolute atomic E-state index is 0.0688. The van der Waals surface area contributed by atoms with Crippen LogP contribution in [0.15, 0.2) is 32.9 Å². The number of aromatic nitrogens is 1. The number of halogens is 1. The maximum absolute atomic E-state index is 12.2. The first-order valence-corrected chi connectivity index (χ1v) is 8.88. The van der Waals surface area contributed by atoms with Crippen LogP contribution in [0.2, 0.25) is 0 Å². The summed E-state index contributed by atoms with van der Waals surface area (Å²) in [5.41, 5.74) is 0.717. The van der Waals surface area contributed by atoms with Gasteiger partial charge in [0.15, 0.2) is 0 Å². The van der Waals surface area contributed by atoms with Crippen molar-refractivity contribution < 1.29 is 18.3 Å². The van der Waals surface area contributed by atoms with E-state index in [0.717, 1.165) is 11.8 Å². The van der Waals surface area contributed by atoms with Crippen molar-refractivity contribution in [2.75, 3.05) is 0 Å². The average molecular weight is 391 g/mol. The van der Waals surface area contributed by atoms with E-state index in [1.807, 2.05) is 12.3 Å². The van der Waals surface area contributed by atoms with E-state index < -0.39 is 16.0 Å².